The lowest BCUT2D eigenvalue weighted by Crippen LogP contribution is -2.46. The van der Waals surface area contributed by atoms with E-state index in [4.69, 9.17) is 0 Å². The molecule has 0 saturated carbocycles. The number of carbonyl (C=O) groups excluding carboxylic acids is 1. The van der Waals surface area contributed by atoms with Gasteiger partial charge in [0, 0.05) is 30.5 Å². The van der Waals surface area contributed by atoms with Crippen LogP contribution >= 0.6 is 0 Å². The molecule has 0 aliphatic heterocycles. The summed E-state index contributed by atoms with van der Waals surface area (Å²) in [6, 6.07) is 1.98. The summed E-state index contributed by atoms with van der Waals surface area (Å²) in [5, 5.41) is 5.75. The van der Waals surface area contributed by atoms with E-state index in [9.17, 15) is 4.79 Å². The number of amides is 2. The smallest absolute Gasteiger partial charge is 0.315 e. The maximum Gasteiger partial charge on any atom is 0.315 e. The lowest BCUT2D eigenvalue weighted by molar-refractivity contribution is 0.231. The van der Waals surface area contributed by atoms with Gasteiger partial charge in [0.25, 0.3) is 0 Å². The van der Waals surface area contributed by atoms with E-state index in [0.29, 0.717) is 6.54 Å². The molecule has 4 heteroatoms. The molecule has 2 amide bonds. The Morgan fingerprint density at radius 1 is 1.35 bits per heavy atom. The highest BCUT2D eigenvalue weighted by molar-refractivity contribution is 5.74. The Labute approximate surface area is 103 Å². The molecule has 0 fully saturated rings. The van der Waals surface area contributed by atoms with Crippen molar-refractivity contribution < 1.29 is 4.79 Å². The van der Waals surface area contributed by atoms with Gasteiger partial charge in [-0.15, -0.1) is 0 Å². The van der Waals surface area contributed by atoms with Crippen molar-refractivity contribution in [3.8, 4) is 0 Å². The van der Waals surface area contributed by atoms with Crippen LogP contribution < -0.4 is 10.6 Å². The van der Waals surface area contributed by atoms with Gasteiger partial charge in [0.1, 0.15) is 0 Å². The zero-order valence-corrected chi connectivity index (χ0v) is 11.6. The Morgan fingerprint density at radius 2 is 1.94 bits per heavy atom. The highest BCUT2D eigenvalue weighted by Gasteiger charge is 2.13. The summed E-state index contributed by atoms with van der Waals surface area (Å²) in [5.74, 6) is 0. The van der Waals surface area contributed by atoms with Gasteiger partial charge in [0.2, 0.25) is 0 Å². The number of hydrogen-bond acceptors (Lipinski definition) is 1. The highest BCUT2D eigenvalue weighted by atomic mass is 16.2. The van der Waals surface area contributed by atoms with Gasteiger partial charge in [-0.1, -0.05) is 0 Å². The summed E-state index contributed by atoms with van der Waals surface area (Å²) in [6.07, 6.45) is 0. The summed E-state index contributed by atoms with van der Waals surface area (Å²) in [7, 11) is 2.03. The fourth-order valence-electron chi connectivity index (χ4n) is 1.67. The molecule has 4 nitrogen and oxygen atoms in total. The first kappa shape index (κ1) is 13.6. The monoisotopic (exact) mass is 237 g/mol. The minimum absolute atomic E-state index is 0.126. The number of carbonyl (C=O) groups is 1. The van der Waals surface area contributed by atoms with E-state index in [0.717, 1.165) is 5.56 Å². The van der Waals surface area contributed by atoms with Gasteiger partial charge in [-0.05, 0) is 46.2 Å². The number of nitrogens with one attached hydrogen (secondary N) is 2. The van der Waals surface area contributed by atoms with E-state index >= 15 is 0 Å². The lowest BCUT2D eigenvalue weighted by atomic mass is 10.1. The van der Waals surface area contributed by atoms with Crippen molar-refractivity contribution >= 4 is 6.03 Å². The topological polar surface area (TPSA) is 46.1 Å². The molecule has 1 aromatic rings. The first-order valence-corrected chi connectivity index (χ1v) is 5.88. The van der Waals surface area contributed by atoms with Crippen molar-refractivity contribution in [3.05, 3.63) is 23.0 Å². The van der Waals surface area contributed by atoms with Crippen molar-refractivity contribution in [1.29, 1.82) is 0 Å². The van der Waals surface area contributed by atoms with Gasteiger partial charge in [0.15, 0.2) is 0 Å². The number of nitrogens with zero attached hydrogens (tertiary/aromatic N) is 1. The molecule has 96 valence electrons. The highest BCUT2D eigenvalue weighted by Crippen LogP contribution is 2.12. The molecule has 0 spiro atoms. The molecule has 2 N–H and O–H groups in total. The van der Waals surface area contributed by atoms with E-state index in [1.54, 1.807) is 0 Å². The molecule has 0 atom stereocenters. The van der Waals surface area contributed by atoms with Gasteiger partial charge in [-0.3, -0.25) is 0 Å². The van der Waals surface area contributed by atoms with Crippen molar-refractivity contribution in [3.63, 3.8) is 0 Å². The fraction of sp³-hybridized carbons (Fsp3) is 0.615. The van der Waals surface area contributed by atoms with Gasteiger partial charge >= 0.3 is 6.03 Å². The van der Waals surface area contributed by atoms with Gasteiger partial charge in [-0.25, -0.2) is 4.79 Å². The van der Waals surface area contributed by atoms with Crippen LogP contribution in [0, 0.1) is 13.8 Å². The molecular formula is C13H23N3O. The fourth-order valence-corrected chi connectivity index (χ4v) is 1.67. The first-order chi connectivity index (χ1) is 7.70. The summed E-state index contributed by atoms with van der Waals surface area (Å²) < 4.78 is 2.12. The molecule has 1 heterocycles. The maximum absolute atomic E-state index is 11.6. The van der Waals surface area contributed by atoms with E-state index < -0.39 is 0 Å². The third-order valence-corrected chi connectivity index (χ3v) is 2.81. The third-order valence-electron chi connectivity index (χ3n) is 2.81. The molecule has 0 unspecified atom stereocenters. The Bertz CT molecular complexity index is 413. The summed E-state index contributed by atoms with van der Waals surface area (Å²) >= 11 is 0. The second kappa shape index (κ2) is 4.82. The second-order valence-corrected chi connectivity index (χ2v) is 5.51. The summed E-state index contributed by atoms with van der Waals surface area (Å²) in [5.41, 5.74) is 3.36. The molecule has 0 bridgehead atoms. The molecule has 17 heavy (non-hydrogen) atoms. The van der Waals surface area contributed by atoms with Crippen LogP contribution in [-0.2, 0) is 13.6 Å². The quantitative estimate of drug-likeness (QED) is 0.814. The number of rotatable bonds is 2. The van der Waals surface area contributed by atoms with Crippen molar-refractivity contribution in [2.45, 2.75) is 46.7 Å². The van der Waals surface area contributed by atoms with Crippen LogP contribution in [0.25, 0.3) is 0 Å². The third kappa shape index (κ3) is 3.80. The Balaban J connectivity index is 2.56. The van der Waals surface area contributed by atoms with E-state index in [2.05, 4.69) is 35.1 Å². The van der Waals surface area contributed by atoms with Crippen LogP contribution in [0.3, 0.4) is 0 Å². The zero-order valence-electron chi connectivity index (χ0n) is 11.6. The molecule has 0 aromatic carbocycles. The number of aromatic nitrogens is 1. The van der Waals surface area contributed by atoms with Gasteiger partial charge < -0.3 is 15.2 Å². The average molecular weight is 237 g/mol. The first-order valence-electron chi connectivity index (χ1n) is 5.88. The minimum Gasteiger partial charge on any atom is -0.352 e. The Morgan fingerprint density at radius 3 is 2.35 bits per heavy atom. The predicted octanol–water partition coefficient (Wildman–Crippen LogP) is 2.24. The van der Waals surface area contributed by atoms with Gasteiger partial charge in [0.05, 0.1) is 0 Å². The van der Waals surface area contributed by atoms with Crippen LogP contribution in [0.2, 0.25) is 0 Å². The van der Waals surface area contributed by atoms with E-state index in [1.165, 1.54) is 11.4 Å². The van der Waals surface area contributed by atoms with Gasteiger partial charge in [-0.2, -0.15) is 0 Å². The Hall–Kier alpha value is -1.45. The lowest BCUT2D eigenvalue weighted by Gasteiger charge is -2.20. The molecule has 0 saturated heterocycles. The SMILES string of the molecule is Cc1cc(CNC(=O)NC(C)(C)C)c(C)n1C. The van der Waals surface area contributed by atoms with E-state index in [1.807, 2.05) is 27.8 Å². The number of urea groups is 1. The molecular weight excluding hydrogens is 214 g/mol. The summed E-state index contributed by atoms with van der Waals surface area (Å²) in [6.45, 7) is 10.6. The second-order valence-electron chi connectivity index (χ2n) is 5.51. The zero-order chi connectivity index (χ0) is 13.2. The molecule has 0 radical (unpaired) electrons. The Kier molecular flexibility index (Phi) is 3.86. The molecule has 0 aliphatic rings. The van der Waals surface area contributed by atoms with Crippen LogP contribution in [0.1, 0.15) is 37.7 Å². The number of aryl methyl sites for hydroxylation is 1. The van der Waals surface area contributed by atoms with Crippen LogP contribution in [-0.4, -0.2) is 16.1 Å². The van der Waals surface area contributed by atoms with Crippen molar-refractivity contribution in [2.24, 2.45) is 7.05 Å². The molecule has 1 aromatic heterocycles. The van der Waals surface area contributed by atoms with Crippen molar-refractivity contribution in [2.75, 3.05) is 0 Å². The number of hydrogen-bond donors (Lipinski definition) is 2. The largest absolute Gasteiger partial charge is 0.352 e. The van der Waals surface area contributed by atoms with Crippen LogP contribution in [0.15, 0.2) is 6.07 Å². The van der Waals surface area contributed by atoms with E-state index in [-0.39, 0.29) is 11.6 Å². The maximum atomic E-state index is 11.6. The van der Waals surface area contributed by atoms with Crippen LogP contribution in [0.4, 0.5) is 4.79 Å². The normalized spacial score (nSPS) is 11.4. The average Bonchev–Trinajstić information content (AvgIpc) is 2.40. The van der Waals surface area contributed by atoms with Crippen molar-refractivity contribution in [1.82, 2.24) is 15.2 Å². The predicted molar refractivity (Wildman–Crippen MR) is 70.0 cm³/mol. The minimum atomic E-state index is -0.203. The standard InChI is InChI=1S/C13H23N3O/c1-9-7-11(10(2)16(9)6)8-14-12(17)15-13(3,4)5/h7H,8H2,1-6H3,(H2,14,15,17). The molecule has 0 aliphatic carbocycles. The summed E-state index contributed by atoms with van der Waals surface area (Å²) in [4.78, 5) is 11.6. The van der Waals surface area contributed by atoms with Crippen LogP contribution in [0.5, 0.6) is 0 Å². The molecule has 1 rings (SSSR count).